The van der Waals surface area contributed by atoms with Crippen molar-refractivity contribution < 1.29 is 77.7 Å². The molecule has 26 heteroatoms. The molecule has 0 unspecified atom stereocenters. The summed E-state index contributed by atoms with van der Waals surface area (Å²) in [7, 11) is 3.77. The number of hydrogen-bond acceptors (Lipinski definition) is 12. The highest BCUT2D eigenvalue weighted by Gasteiger charge is 2.57. The third-order valence-electron chi connectivity index (χ3n) is 14.2. The molecule has 2 aliphatic heterocycles. The van der Waals surface area contributed by atoms with E-state index in [2.05, 4.69) is 59.0 Å². The summed E-state index contributed by atoms with van der Waals surface area (Å²) in [6.45, 7) is 0.919. The Kier molecular flexibility index (Phi) is 18.8. The minimum atomic E-state index is -5.17. The Morgan fingerprint density at radius 1 is 0.808 bits per heavy atom. The molecule has 6 atom stereocenters. The van der Waals surface area contributed by atoms with E-state index in [1.54, 1.807) is 18.3 Å². The molecule has 0 radical (unpaired) electrons. The van der Waals surface area contributed by atoms with Gasteiger partial charge in [0, 0.05) is 73.9 Å². The van der Waals surface area contributed by atoms with E-state index in [-0.39, 0.29) is 21.5 Å². The zero-order valence-corrected chi connectivity index (χ0v) is 43.4. The lowest BCUT2D eigenvalue weighted by molar-refractivity contribution is -0.231. The van der Waals surface area contributed by atoms with E-state index >= 15 is 8.78 Å². The predicted molar refractivity (Wildman–Crippen MR) is 261 cm³/mol. The number of hydrogen-bond donors (Lipinski definition) is 4. The van der Waals surface area contributed by atoms with Gasteiger partial charge in [0.15, 0.2) is 0 Å². The van der Waals surface area contributed by atoms with Gasteiger partial charge in [-0.05, 0) is 87.2 Å². The molecule has 424 valence electrons. The van der Waals surface area contributed by atoms with Gasteiger partial charge in [0.1, 0.15) is 23.5 Å². The van der Waals surface area contributed by atoms with E-state index in [4.69, 9.17) is 0 Å². The molecule has 16 nitrogen and oxygen atoms in total. The molecule has 4 aromatic rings. The monoisotopic (exact) mass is 1110 g/mol. The number of fused-ring (bicyclic) bond motifs is 1. The van der Waals surface area contributed by atoms with Crippen LogP contribution in [-0.4, -0.2) is 138 Å². The molecule has 2 fully saturated rings. The number of aliphatic hydroxyl groups is 1. The van der Waals surface area contributed by atoms with E-state index < -0.39 is 121 Å². The number of aromatic nitrogens is 3. The fourth-order valence-electron chi connectivity index (χ4n) is 9.20. The van der Waals surface area contributed by atoms with Crippen molar-refractivity contribution in [2.75, 3.05) is 58.9 Å². The first-order valence-electron chi connectivity index (χ1n) is 24.3. The van der Waals surface area contributed by atoms with Gasteiger partial charge in [-0.25, -0.2) is 28.3 Å². The maximum Gasteiger partial charge on any atom is 0.407 e. The number of pyridine rings is 1. The Balaban J connectivity index is 1.33. The van der Waals surface area contributed by atoms with Crippen molar-refractivity contribution in [2.24, 2.45) is 28.6 Å². The number of carbonyl (C=O) groups is 4. The van der Waals surface area contributed by atoms with Gasteiger partial charge in [0.25, 0.3) is 0 Å². The van der Waals surface area contributed by atoms with Crippen LogP contribution in [0.1, 0.15) is 62.9 Å². The average molecular weight is 1110 g/mol. The molecule has 4 heterocycles. The number of benzene rings is 2. The molecule has 0 spiro atoms. The van der Waals surface area contributed by atoms with Crippen LogP contribution in [0, 0.1) is 52.1 Å². The summed E-state index contributed by atoms with van der Waals surface area (Å²) in [5.74, 6) is -1.52. The Bertz CT molecular complexity index is 2800. The molecule has 2 saturated heterocycles. The number of esters is 1. The highest BCUT2D eigenvalue weighted by molar-refractivity contribution is 5.87. The lowest BCUT2D eigenvalue weighted by Crippen LogP contribution is -2.62. The summed E-state index contributed by atoms with van der Waals surface area (Å²) in [5, 5.41) is 20.3. The number of anilines is 1. The second kappa shape index (κ2) is 24.4. The number of alkyl halides is 8. The van der Waals surface area contributed by atoms with Crippen LogP contribution in [0.5, 0.6) is 0 Å². The number of halogens is 10. The van der Waals surface area contributed by atoms with Gasteiger partial charge in [-0.15, -0.1) is 0 Å². The zero-order valence-electron chi connectivity index (χ0n) is 43.4. The van der Waals surface area contributed by atoms with Gasteiger partial charge in [-0.2, -0.15) is 40.2 Å². The first kappa shape index (κ1) is 60.3. The second-order valence-corrected chi connectivity index (χ2v) is 20.5. The van der Waals surface area contributed by atoms with Crippen molar-refractivity contribution in [3.8, 4) is 23.1 Å². The normalized spacial score (nSPS) is 17.7. The van der Waals surface area contributed by atoms with Gasteiger partial charge >= 0.3 is 31.0 Å². The van der Waals surface area contributed by atoms with Crippen LogP contribution in [-0.2, 0) is 36.8 Å². The quantitative estimate of drug-likeness (QED) is 0.0327. The number of carbonyl (C=O) groups excluding carboxylic acids is 4. The third-order valence-corrected chi connectivity index (χ3v) is 14.2. The van der Waals surface area contributed by atoms with Gasteiger partial charge in [-0.3, -0.25) is 19.8 Å². The Hall–Kier alpha value is -6.98. The fraction of sp³-hybridized carbons (Fsp3) is 0.500. The average Bonchev–Trinajstić information content (AvgIpc) is 4.13. The number of likely N-dealkylation sites (tertiary alicyclic amines) is 1. The SMILES string of the molecule is COC(=O)C[C@H](C(=O)NN(Cc1c(F)cc(-c2ccn(C(F)F)n2)cc1F)C[C@H](O)[C@H](Cc1ccc(C#Cc2ccc(N3C[C@H]4CN(C)C[C@H]4C3)nc2)cc1)NC(=O)[C@@H](NC(=O)OC)C(C)(C)C(F)(F)F)C(C)(C)C(F)(F)F. The molecular formula is C52H59F10N9O7. The van der Waals surface area contributed by atoms with Crippen LogP contribution in [0.2, 0.25) is 0 Å². The maximum absolute atomic E-state index is 16.0. The first-order chi connectivity index (χ1) is 36.4. The first-order valence-corrected chi connectivity index (χ1v) is 24.3. The molecule has 0 saturated carbocycles. The molecular weight excluding hydrogens is 1050 g/mol. The summed E-state index contributed by atoms with van der Waals surface area (Å²) in [6.07, 6.45) is -13.1. The van der Waals surface area contributed by atoms with Crippen molar-refractivity contribution in [1.82, 2.24) is 40.7 Å². The van der Waals surface area contributed by atoms with E-state index in [0.29, 0.717) is 67.8 Å². The van der Waals surface area contributed by atoms with Crippen LogP contribution in [0.25, 0.3) is 11.3 Å². The number of alkyl carbamates (subject to hydrolysis) is 1. The summed E-state index contributed by atoms with van der Waals surface area (Å²) >= 11 is 0. The standard InChI is InChI=1S/C52H59F10N9O7/c1-49(2,51(57,58)59)36(21-43(73)77-6)45(74)67-70(27-35-37(53)19-32(20-38(35)54)39-16-17-71(66-39)47(55)56)28-41(72)40(64-46(75)44(65-48(76)78-7)50(3,4)52(60,61)62)18-30-11-8-29(9-12-30)10-13-31-14-15-42(63-22-31)69-25-33-23-68(5)24-34(33)26-69/h8-9,11-12,14-17,19-20,22,33-34,36,40-41,44,47,72H,18,21,23-28H2,1-7H3,(H,64,75)(H,65,76)(H,67,74)/t33-,34+,36-,40+,41+,44-/m1/s1. The molecule has 4 N–H and O–H groups in total. The van der Waals surface area contributed by atoms with Gasteiger partial charge in [0.05, 0.1) is 55.2 Å². The largest absolute Gasteiger partial charge is 0.469 e. The molecule has 78 heavy (non-hydrogen) atoms. The van der Waals surface area contributed by atoms with Crippen LogP contribution in [0.15, 0.2) is 67.0 Å². The van der Waals surface area contributed by atoms with E-state index in [1.165, 1.54) is 12.1 Å². The Morgan fingerprint density at radius 2 is 1.40 bits per heavy atom. The summed E-state index contributed by atoms with van der Waals surface area (Å²) in [5.41, 5.74) is -4.16. The Morgan fingerprint density at radius 3 is 1.92 bits per heavy atom. The Labute approximate surface area is 442 Å². The minimum Gasteiger partial charge on any atom is -0.469 e. The van der Waals surface area contributed by atoms with Crippen molar-refractivity contribution in [3.63, 3.8) is 0 Å². The zero-order chi connectivity index (χ0) is 57.7. The predicted octanol–water partition coefficient (Wildman–Crippen LogP) is 7.02. The summed E-state index contributed by atoms with van der Waals surface area (Å²) in [4.78, 5) is 62.1. The highest BCUT2D eigenvalue weighted by Crippen LogP contribution is 2.45. The van der Waals surface area contributed by atoms with Crippen LogP contribution >= 0.6 is 0 Å². The van der Waals surface area contributed by atoms with Gasteiger partial charge in [0.2, 0.25) is 11.8 Å². The van der Waals surface area contributed by atoms with Crippen LogP contribution in [0.3, 0.4) is 0 Å². The van der Waals surface area contributed by atoms with Crippen LogP contribution in [0.4, 0.5) is 54.5 Å². The number of amides is 3. The summed E-state index contributed by atoms with van der Waals surface area (Å²) in [6, 6.07) is 7.98. The van der Waals surface area contributed by atoms with Gasteiger partial charge in [-0.1, -0.05) is 37.8 Å². The van der Waals surface area contributed by atoms with Crippen LogP contribution < -0.4 is 21.0 Å². The number of hydrazine groups is 1. The second-order valence-electron chi connectivity index (χ2n) is 20.5. The van der Waals surface area contributed by atoms with E-state index in [1.807, 2.05) is 17.4 Å². The maximum atomic E-state index is 16.0. The number of methoxy groups -OCH3 is 2. The van der Waals surface area contributed by atoms with Crippen molar-refractivity contribution in [1.29, 1.82) is 0 Å². The molecule has 2 aromatic carbocycles. The summed E-state index contributed by atoms with van der Waals surface area (Å²) < 4.78 is 155. The lowest BCUT2D eigenvalue weighted by atomic mass is 9.75. The van der Waals surface area contributed by atoms with E-state index in [0.717, 1.165) is 58.5 Å². The minimum absolute atomic E-state index is 0.204. The molecule has 3 amide bonds. The molecule has 6 rings (SSSR count). The lowest BCUT2D eigenvalue weighted by Gasteiger charge is -2.38. The fourth-order valence-corrected chi connectivity index (χ4v) is 9.20. The van der Waals surface area contributed by atoms with E-state index in [9.17, 15) is 59.4 Å². The molecule has 2 aromatic heterocycles. The third kappa shape index (κ3) is 14.4. The molecule has 0 aliphatic carbocycles. The molecule has 0 bridgehead atoms. The van der Waals surface area contributed by atoms with Crippen molar-refractivity contribution in [3.05, 3.63) is 101 Å². The number of rotatable bonds is 19. The number of nitrogens with zero attached hydrogens (tertiary/aromatic N) is 6. The number of nitrogens with one attached hydrogen (secondary N) is 3. The topological polar surface area (TPSA) is 183 Å². The smallest absolute Gasteiger partial charge is 0.407 e. The highest BCUT2D eigenvalue weighted by atomic mass is 19.4. The van der Waals surface area contributed by atoms with Gasteiger partial charge < -0.3 is 35.0 Å². The number of aliphatic hydroxyl groups excluding tert-OH is 1. The molecule has 2 aliphatic rings. The van der Waals surface area contributed by atoms with Crippen molar-refractivity contribution >= 4 is 29.7 Å². The van der Waals surface area contributed by atoms with Crippen molar-refractivity contribution in [2.45, 2.75) is 84.2 Å². The number of ether oxygens (including phenoxy) is 2.